The first-order valence-corrected chi connectivity index (χ1v) is 8.73. The topological polar surface area (TPSA) is 60.9 Å². The maximum absolute atomic E-state index is 12.5. The van der Waals surface area contributed by atoms with E-state index in [1.165, 1.54) is 11.3 Å². The minimum Gasteiger partial charge on any atom is -0.481 e. The van der Waals surface area contributed by atoms with Gasteiger partial charge >= 0.3 is 5.97 Å². The zero-order valence-corrected chi connectivity index (χ0v) is 13.8. The van der Waals surface area contributed by atoms with Crippen molar-refractivity contribution in [2.45, 2.75) is 32.1 Å². The van der Waals surface area contributed by atoms with Crippen LogP contribution in [0.3, 0.4) is 0 Å². The summed E-state index contributed by atoms with van der Waals surface area (Å²) in [7, 11) is 0. The lowest BCUT2D eigenvalue weighted by molar-refractivity contribution is -0.138. The summed E-state index contributed by atoms with van der Waals surface area (Å²) in [4.78, 5) is 28.8. The van der Waals surface area contributed by atoms with Crippen LogP contribution in [-0.2, 0) is 9.59 Å². The predicted octanol–water partition coefficient (Wildman–Crippen LogP) is 2.25. The Morgan fingerprint density at radius 1 is 1.27 bits per heavy atom. The summed E-state index contributed by atoms with van der Waals surface area (Å²) in [5, 5.41) is 11.0. The molecule has 1 aliphatic rings. The van der Waals surface area contributed by atoms with E-state index in [9.17, 15) is 9.59 Å². The van der Waals surface area contributed by atoms with Gasteiger partial charge in [0.2, 0.25) is 5.91 Å². The lowest BCUT2D eigenvalue weighted by atomic mass is 9.98. The second-order valence-corrected chi connectivity index (χ2v) is 6.72. The van der Waals surface area contributed by atoms with Crippen molar-refractivity contribution in [3.8, 4) is 0 Å². The molecule has 1 atom stereocenters. The number of amides is 1. The number of rotatable bonds is 7. The van der Waals surface area contributed by atoms with Crippen molar-refractivity contribution in [2.24, 2.45) is 0 Å². The van der Waals surface area contributed by atoms with Gasteiger partial charge in [0.25, 0.3) is 0 Å². The fraction of sp³-hybridized carbons (Fsp3) is 0.625. The summed E-state index contributed by atoms with van der Waals surface area (Å²) in [6.45, 7) is 6.59. The molecule has 1 amide bonds. The van der Waals surface area contributed by atoms with Crippen LogP contribution in [0.15, 0.2) is 17.5 Å². The minimum absolute atomic E-state index is 0.0159. The summed E-state index contributed by atoms with van der Waals surface area (Å²) in [5.74, 6) is -0.978. The maximum atomic E-state index is 12.5. The third-order valence-corrected chi connectivity index (χ3v) is 5.09. The van der Waals surface area contributed by atoms with Crippen LogP contribution in [0.1, 0.15) is 37.0 Å². The van der Waals surface area contributed by atoms with Crippen molar-refractivity contribution in [2.75, 3.05) is 32.7 Å². The van der Waals surface area contributed by atoms with E-state index in [0.29, 0.717) is 6.42 Å². The van der Waals surface area contributed by atoms with Crippen molar-refractivity contribution in [3.63, 3.8) is 0 Å². The molecule has 1 aliphatic heterocycles. The van der Waals surface area contributed by atoms with Crippen LogP contribution in [0, 0.1) is 0 Å². The smallest absolute Gasteiger partial charge is 0.304 e. The number of piperazine rings is 1. The highest BCUT2D eigenvalue weighted by atomic mass is 32.1. The highest BCUT2D eigenvalue weighted by molar-refractivity contribution is 7.10. The third-order valence-electron chi connectivity index (χ3n) is 4.05. The molecule has 1 saturated heterocycles. The van der Waals surface area contributed by atoms with Gasteiger partial charge in [-0.1, -0.05) is 13.0 Å². The van der Waals surface area contributed by atoms with Crippen molar-refractivity contribution >= 4 is 23.2 Å². The van der Waals surface area contributed by atoms with Gasteiger partial charge in [-0.25, -0.2) is 0 Å². The fourth-order valence-electron chi connectivity index (χ4n) is 2.88. The van der Waals surface area contributed by atoms with Gasteiger partial charge in [0, 0.05) is 43.4 Å². The fourth-order valence-corrected chi connectivity index (χ4v) is 3.72. The van der Waals surface area contributed by atoms with Gasteiger partial charge in [0.1, 0.15) is 0 Å². The molecular weight excluding hydrogens is 300 g/mol. The van der Waals surface area contributed by atoms with Gasteiger partial charge in [0.15, 0.2) is 0 Å². The van der Waals surface area contributed by atoms with Crippen molar-refractivity contribution in [1.29, 1.82) is 0 Å². The minimum atomic E-state index is -0.848. The molecule has 1 fully saturated rings. The Hall–Kier alpha value is -1.40. The van der Waals surface area contributed by atoms with Crippen LogP contribution in [0.4, 0.5) is 0 Å². The average Bonchev–Trinajstić information content (AvgIpc) is 3.01. The van der Waals surface area contributed by atoms with E-state index in [1.807, 2.05) is 22.4 Å². The third kappa shape index (κ3) is 4.81. The van der Waals surface area contributed by atoms with E-state index in [4.69, 9.17) is 5.11 Å². The van der Waals surface area contributed by atoms with Crippen LogP contribution in [0.2, 0.25) is 0 Å². The number of carboxylic acid groups (broad SMARTS) is 1. The SMILES string of the molecule is CCCN1CCN(C(=O)CC(CC(=O)O)c2cccs2)CC1. The molecule has 0 radical (unpaired) electrons. The van der Waals surface area contributed by atoms with E-state index in [2.05, 4.69) is 11.8 Å². The molecule has 0 aromatic carbocycles. The largest absolute Gasteiger partial charge is 0.481 e. The number of thiophene rings is 1. The Balaban J connectivity index is 1.90. The molecule has 0 spiro atoms. The van der Waals surface area contributed by atoms with E-state index in [1.54, 1.807) is 0 Å². The Morgan fingerprint density at radius 2 is 2.00 bits per heavy atom. The Morgan fingerprint density at radius 3 is 2.55 bits per heavy atom. The molecule has 0 saturated carbocycles. The first kappa shape index (κ1) is 17.0. The van der Waals surface area contributed by atoms with E-state index >= 15 is 0 Å². The molecule has 1 N–H and O–H groups in total. The standard InChI is InChI=1S/C16H24N2O3S/c1-2-5-17-6-8-18(9-7-17)15(19)11-13(12-16(20)21)14-4-3-10-22-14/h3-4,10,13H,2,5-9,11-12H2,1H3,(H,20,21). The lowest BCUT2D eigenvalue weighted by Crippen LogP contribution is -2.49. The van der Waals surface area contributed by atoms with E-state index in [0.717, 1.165) is 44.0 Å². The molecule has 5 nitrogen and oxygen atoms in total. The van der Waals surface area contributed by atoms with Crippen molar-refractivity contribution in [1.82, 2.24) is 9.80 Å². The molecule has 1 aromatic rings. The molecule has 0 aliphatic carbocycles. The van der Waals surface area contributed by atoms with Crippen LogP contribution < -0.4 is 0 Å². The second kappa shape index (κ2) is 8.29. The monoisotopic (exact) mass is 324 g/mol. The van der Waals surface area contributed by atoms with Gasteiger partial charge in [-0.2, -0.15) is 0 Å². The molecular formula is C16H24N2O3S. The van der Waals surface area contributed by atoms with Crippen molar-refractivity contribution in [3.05, 3.63) is 22.4 Å². The number of carbonyl (C=O) groups is 2. The quantitative estimate of drug-likeness (QED) is 0.836. The number of aliphatic carboxylic acids is 1. The van der Waals surface area contributed by atoms with Gasteiger partial charge < -0.3 is 10.0 Å². The summed E-state index contributed by atoms with van der Waals surface area (Å²) < 4.78 is 0. The summed E-state index contributed by atoms with van der Waals surface area (Å²) >= 11 is 1.53. The molecule has 2 rings (SSSR count). The van der Waals surface area contributed by atoms with Crippen molar-refractivity contribution < 1.29 is 14.7 Å². The van der Waals surface area contributed by atoms with Gasteiger partial charge in [0.05, 0.1) is 6.42 Å². The number of nitrogens with zero attached hydrogens (tertiary/aromatic N) is 2. The highest BCUT2D eigenvalue weighted by Crippen LogP contribution is 2.28. The van der Waals surface area contributed by atoms with Gasteiger partial charge in [-0.05, 0) is 24.4 Å². The summed E-state index contributed by atoms with van der Waals surface area (Å²) in [5.41, 5.74) is 0. The summed E-state index contributed by atoms with van der Waals surface area (Å²) in [6, 6.07) is 3.83. The molecule has 2 heterocycles. The number of hydrogen-bond acceptors (Lipinski definition) is 4. The molecule has 122 valence electrons. The highest BCUT2D eigenvalue weighted by Gasteiger charge is 2.25. The number of carboxylic acids is 1. The molecule has 1 unspecified atom stereocenters. The first-order valence-electron chi connectivity index (χ1n) is 7.85. The van der Waals surface area contributed by atoms with Crippen LogP contribution >= 0.6 is 11.3 Å². The Bertz CT molecular complexity index is 482. The van der Waals surface area contributed by atoms with Crippen LogP contribution in [0.25, 0.3) is 0 Å². The number of hydrogen-bond donors (Lipinski definition) is 1. The first-order chi connectivity index (χ1) is 10.6. The summed E-state index contributed by atoms with van der Waals surface area (Å²) in [6.07, 6.45) is 1.44. The Kier molecular flexibility index (Phi) is 6.39. The van der Waals surface area contributed by atoms with Crippen LogP contribution in [0.5, 0.6) is 0 Å². The van der Waals surface area contributed by atoms with Gasteiger partial charge in [-0.15, -0.1) is 11.3 Å². The number of carbonyl (C=O) groups excluding carboxylic acids is 1. The van der Waals surface area contributed by atoms with Gasteiger partial charge in [-0.3, -0.25) is 14.5 Å². The Labute approximate surface area is 135 Å². The predicted molar refractivity (Wildman–Crippen MR) is 87.2 cm³/mol. The molecule has 22 heavy (non-hydrogen) atoms. The second-order valence-electron chi connectivity index (χ2n) is 5.74. The molecule has 6 heteroatoms. The normalized spacial score (nSPS) is 17.4. The average molecular weight is 324 g/mol. The molecule has 0 bridgehead atoms. The van der Waals surface area contributed by atoms with Crippen LogP contribution in [-0.4, -0.2) is 59.5 Å². The lowest BCUT2D eigenvalue weighted by Gasteiger charge is -2.35. The zero-order chi connectivity index (χ0) is 15.9. The van der Waals surface area contributed by atoms with E-state index < -0.39 is 5.97 Å². The maximum Gasteiger partial charge on any atom is 0.304 e. The zero-order valence-electron chi connectivity index (χ0n) is 13.0. The van der Waals surface area contributed by atoms with E-state index in [-0.39, 0.29) is 18.2 Å². The molecule has 1 aromatic heterocycles.